The lowest BCUT2D eigenvalue weighted by Gasteiger charge is -2.24. The lowest BCUT2D eigenvalue weighted by Crippen LogP contribution is -2.45. The first-order chi connectivity index (χ1) is 16.9. The molecule has 2 unspecified atom stereocenters. The number of nitrogens with one attached hydrogen (secondary N) is 2. The van der Waals surface area contributed by atoms with Crippen molar-refractivity contribution in [1.82, 2.24) is 14.7 Å². The van der Waals surface area contributed by atoms with Crippen LogP contribution in [-0.2, 0) is 4.79 Å². The number of hydrogen-bond donors (Lipinski definition) is 3. The predicted octanol–water partition coefficient (Wildman–Crippen LogP) is 4.85. The monoisotopic (exact) mass is 473 g/mol. The minimum absolute atomic E-state index is 0.194. The van der Waals surface area contributed by atoms with Crippen LogP contribution in [0.4, 0.5) is 5.82 Å². The smallest absolute Gasteiger partial charge is 0.326 e. The molecule has 3 aromatic rings. The van der Waals surface area contributed by atoms with Crippen molar-refractivity contribution in [2.75, 3.05) is 5.32 Å². The van der Waals surface area contributed by atoms with Gasteiger partial charge in [-0.15, -0.1) is 0 Å². The van der Waals surface area contributed by atoms with E-state index < -0.39 is 17.9 Å². The highest BCUT2D eigenvalue weighted by molar-refractivity contribution is 5.97. The highest BCUT2D eigenvalue weighted by Crippen LogP contribution is 2.32. The number of amides is 1. The van der Waals surface area contributed by atoms with Gasteiger partial charge in [0.25, 0.3) is 5.91 Å². The van der Waals surface area contributed by atoms with Gasteiger partial charge in [0.2, 0.25) is 0 Å². The normalized spacial score (nSPS) is 15.8. The summed E-state index contributed by atoms with van der Waals surface area (Å²) in [6, 6.07) is 12.2. The first-order valence-electron chi connectivity index (χ1n) is 12.2. The third-order valence-electron chi connectivity index (χ3n) is 6.89. The summed E-state index contributed by atoms with van der Waals surface area (Å²) in [5.74, 6) is -0.825. The number of anilines is 1. The van der Waals surface area contributed by atoms with E-state index in [9.17, 15) is 14.7 Å². The number of hydrogen-bond acceptors (Lipinski definition) is 5. The van der Waals surface area contributed by atoms with Gasteiger partial charge in [0, 0.05) is 23.4 Å². The van der Waals surface area contributed by atoms with Crippen molar-refractivity contribution < 1.29 is 14.7 Å². The zero-order chi connectivity index (χ0) is 24.9. The molecule has 4 rings (SSSR count). The van der Waals surface area contributed by atoms with Gasteiger partial charge in [0.05, 0.1) is 11.6 Å². The van der Waals surface area contributed by atoms with Crippen LogP contribution in [0.3, 0.4) is 0 Å². The number of carbonyl (C=O) groups is 2. The number of aliphatic carboxylic acids is 1. The molecule has 8 heteroatoms. The van der Waals surface area contributed by atoms with Crippen LogP contribution in [0.5, 0.6) is 0 Å². The third kappa shape index (κ3) is 5.29. The molecule has 8 nitrogen and oxygen atoms in total. The summed E-state index contributed by atoms with van der Waals surface area (Å²) in [4.78, 5) is 29.4. The van der Waals surface area contributed by atoms with Gasteiger partial charge in [-0.05, 0) is 43.0 Å². The Morgan fingerprint density at radius 2 is 1.91 bits per heavy atom. The molecule has 1 fully saturated rings. The number of aromatic nitrogens is 2. The van der Waals surface area contributed by atoms with Crippen molar-refractivity contribution >= 4 is 23.3 Å². The topological polar surface area (TPSA) is 120 Å². The largest absolute Gasteiger partial charge is 0.480 e. The fourth-order valence-corrected chi connectivity index (χ4v) is 4.58. The van der Waals surface area contributed by atoms with E-state index in [1.165, 1.54) is 19.3 Å². The first-order valence-corrected chi connectivity index (χ1v) is 12.2. The molecule has 1 saturated carbocycles. The second-order valence-corrected chi connectivity index (χ2v) is 9.30. The van der Waals surface area contributed by atoms with Crippen LogP contribution in [-0.4, -0.2) is 38.5 Å². The van der Waals surface area contributed by atoms with Crippen molar-refractivity contribution in [2.24, 2.45) is 5.92 Å². The molecule has 1 aliphatic rings. The average molecular weight is 474 g/mol. The SMILES string of the molecule is CCC(C)C(NC(=O)c1ccn2c(NC3CCCCC3)c(-c3ccc(C#N)cc3)nc2c1)C(=O)O. The Hall–Kier alpha value is -3.86. The Labute approximate surface area is 205 Å². The molecule has 1 aromatic carbocycles. The van der Waals surface area contributed by atoms with E-state index in [0.29, 0.717) is 29.2 Å². The summed E-state index contributed by atoms with van der Waals surface area (Å²) >= 11 is 0. The van der Waals surface area contributed by atoms with Crippen LogP contribution in [0.2, 0.25) is 0 Å². The lowest BCUT2D eigenvalue weighted by molar-refractivity contribution is -0.140. The fraction of sp³-hybridized carbons (Fsp3) is 0.407. The van der Waals surface area contributed by atoms with E-state index in [2.05, 4.69) is 16.7 Å². The van der Waals surface area contributed by atoms with Gasteiger partial charge in [0.1, 0.15) is 23.2 Å². The number of rotatable bonds is 8. The molecule has 0 spiro atoms. The molecule has 0 saturated heterocycles. The summed E-state index contributed by atoms with van der Waals surface area (Å²) in [7, 11) is 0. The molecule has 3 N–H and O–H groups in total. The quantitative estimate of drug-likeness (QED) is 0.430. The zero-order valence-corrected chi connectivity index (χ0v) is 20.1. The van der Waals surface area contributed by atoms with Crippen molar-refractivity contribution in [2.45, 2.75) is 64.5 Å². The minimum Gasteiger partial charge on any atom is -0.480 e. The number of imidazole rings is 1. The molecule has 35 heavy (non-hydrogen) atoms. The van der Waals surface area contributed by atoms with E-state index in [1.807, 2.05) is 30.4 Å². The maximum Gasteiger partial charge on any atom is 0.326 e. The third-order valence-corrected chi connectivity index (χ3v) is 6.89. The molecule has 1 aliphatic carbocycles. The van der Waals surface area contributed by atoms with Crippen molar-refractivity contribution in [3.05, 3.63) is 53.7 Å². The number of carbonyl (C=O) groups excluding carboxylic acids is 1. The van der Waals surface area contributed by atoms with Crippen molar-refractivity contribution in [3.8, 4) is 17.3 Å². The molecular weight excluding hydrogens is 442 g/mol. The van der Waals surface area contributed by atoms with E-state index in [4.69, 9.17) is 10.2 Å². The number of benzene rings is 1. The molecule has 2 heterocycles. The zero-order valence-electron chi connectivity index (χ0n) is 20.1. The Balaban J connectivity index is 1.71. The Bertz CT molecular complexity index is 1250. The highest BCUT2D eigenvalue weighted by atomic mass is 16.4. The number of carboxylic acids is 1. The van der Waals surface area contributed by atoms with Crippen LogP contribution in [0.1, 0.15) is 68.3 Å². The first kappa shape index (κ1) is 24.3. The molecule has 1 amide bonds. The standard InChI is InChI=1S/C27H31N5O3/c1-3-17(2)23(27(34)35)31-26(33)20-13-14-32-22(15-20)30-24(19-11-9-18(16-28)10-12-19)25(32)29-21-7-5-4-6-8-21/h9-15,17,21,23,29H,3-8H2,1-2H3,(H,31,33)(H,34,35). The second-order valence-electron chi connectivity index (χ2n) is 9.30. The molecule has 2 aromatic heterocycles. The molecule has 0 radical (unpaired) electrons. The van der Waals surface area contributed by atoms with Gasteiger partial charge < -0.3 is 15.7 Å². The van der Waals surface area contributed by atoms with E-state index >= 15 is 0 Å². The maximum absolute atomic E-state index is 12.9. The van der Waals surface area contributed by atoms with Crippen LogP contribution < -0.4 is 10.6 Å². The molecule has 0 bridgehead atoms. The van der Waals surface area contributed by atoms with E-state index in [1.54, 1.807) is 30.5 Å². The van der Waals surface area contributed by atoms with Gasteiger partial charge in [-0.3, -0.25) is 9.20 Å². The number of pyridine rings is 1. The summed E-state index contributed by atoms with van der Waals surface area (Å²) in [5.41, 5.74) is 3.14. The molecule has 2 atom stereocenters. The number of nitriles is 1. The molecule has 182 valence electrons. The van der Waals surface area contributed by atoms with Crippen LogP contribution in [0.25, 0.3) is 16.9 Å². The van der Waals surface area contributed by atoms with Crippen LogP contribution >= 0.6 is 0 Å². The van der Waals surface area contributed by atoms with E-state index in [-0.39, 0.29) is 5.92 Å². The summed E-state index contributed by atoms with van der Waals surface area (Å²) in [6.45, 7) is 3.71. The van der Waals surface area contributed by atoms with Gasteiger partial charge >= 0.3 is 5.97 Å². The second kappa shape index (κ2) is 10.6. The summed E-state index contributed by atoms with van der Waals surface area (Å²) < 4.78 is 1.93. The van der Waals surface area contributed by atoms with Crippen LogP contribution in [0.15, 0.2) is 42.6 Å². The summed E-state index contributed by atoms with van der Waals surface area (Å²) in [6.07, 6.45) is 8.24. The molecular formula is C27H31N5O3. The fourth-order valence-electron chi connectivity index (χ4n) is 4.58. The average Bonchev–Trinajstić information content (AvgIpc) is 3.24. The predicted molar refractivity (Wildman–Crippen MR) is 134 cm³/mol. The summed E-state index contributed by atoms with van der Waals surface area (Å²) in [5, 5.41) is 25.0. The number of carboxylic acid groups (broad SMARTS) is 1. The van der Waals surface area contributed by atoms with Gasteiger partial charge in [-0.2, -0.15) is 5.26 Å². The minimum atomic E-state index is -1.04. The Kier molecular flexibility index (Phi) is 7.35. The van der Waals surface area contributed by atoms with Gasteiger partial charge in [-0.1, -0.05) is 51.7 Å². The van der Waals surface area contributed by atoms with E-state index in [0.717, 1.165) is 29.9 Å². The maximum atomic E-state index is 12.9. The molecule has 0 aliphatic heterocycles. The lowest BCUT2D eigenvalue weighted by atomic mass is 9.95. The van der Waals surface area contributed by atoms with Crippen molar-refractivity contribution in [3.63, 3.8) is 0 Å². The highest BCUT2D eigenvalue weighted by Gasteiger charge is 2.26. The number of nitrogens with zero attached hydrogens (tertiary/aromatic N) is 3. The van der Waals surface area contributed by atoms with Crippen molar-refractivity contribution in [1.29, 1.82) is 5.26 Å². The number of fused-ring (bicyclic) bond motifs is 1. The van der Waals surface area contributed by atoms with Gasteiger partial charge in [0.15, 0.2) is 0 Å². The Morgan fingerprint density at radius 1 is 1.20 bits per heavy atom. The van der Waals surface area contributed by atoms with Gasteiger partial charge in [-0.25, -0.2) is 9.78 Å². The Morgan fingerprint density at radius 3 is 2.54 bits per heavy atom. The van der Waals surface area contributed by atoms with Crippen LogP contribution in [0, 0.1) is 17.2 Å².